The van der Waals surface area contributed by atoms with Crippen LogP contribution in [0.15, 0.2) is 12.2 Å². The van der Waals surface area contributed by atoms with Gasteiger partial charge < -0.3 is 0 Å². The van der Waals surface area contributed by atoms with Crippen molar-refractivity contribution >= 4 is 0 Å². The SMILES string of the molecule is CC(C)C1CC2C3C=CC(CC3)C2CN1C(C)C. The van der Waals surface area contributed by atoms with Gasteiger partial charge in [-0.25, -0.2) is 0 Å². The predicted octanol–water partition coefficient (Wildman–Crippen LogP) is 3.95. The third-order valence-corrected chi connectivity index (χ3v) is 5.88. The van der Waals surface area contributed by atoms with Crippen LogP contribution in [0.5, 0.6) is 0 Å². The number of fused-ring (bicyclic) bond motifs is 1. The Bertz CT molecular complexity index is 299. The molecular formula is C17H29N. The van der Waals surface area contributed by atoms with Gasteiger partial charge in [0.1, 0.15) is 0 Å². The molecule has 0 N–H and O–H groups in total. The largest absolute Gasteiger partial charge is 0.297 e. The van der Waals surface area contributed by atoms with E-state index in [-0.39, 0.29) is 0 Å². The summed E-state index contributed by atoms with van der Waals surface area (Å²) in [6, 6.07) is 1.53. The average molecular weight is 247 g/mol. The maximum atomic E-state index is 2.81. The number of likely N-dealkylation sites (tertiary alicyclic amines) is 1. The average Bonchev–Trinajstić information content (AvgIpc) is 2.38. The van der Waals surface area contributed by atoms with E-state index in [1.54, 1.807) is 0 Å². The van der Waals surface area contributed by atoms with Crippen LogP contribution in [0.2, 0.25) is 0 Å². The van der Waals surface area contributed by atoms with E-state index in [1.807, 2.05) is 0 Å². The lowest BCUT2D eigenvalue weighted by atomic mass is 9.58. The summed E-state index contributed by atoms with van der Waals surface area (Å²) in [5.41, 5.74) is 0. The van der Waals surface area contributed by atoms with Crippen LogP contribution in [0.25, 0.3) is 0 Å². The van der Waals surface area contributed by atoms with Crippen molar-refractivity contribution in [1.82, 2.24) is 4.90 Å². The summed E-state index contributed by atoms with van der Waals surface area (Å²) in [5.74, 6) is 4.57. The van der Waals surface area contributed by atoms with Gasteiger partial charge >= 0.3 is 0 Å². The predicted molar refractivity (Wildman–Crippen MR) is 77.4 cm³/mol. The Balaban J connectivity index is 1.83. The monoisotopic (exact) mass is 247 g/mol. The molecule has 1 saturated carbocycles. The molecule has 2 fully saturated rings. The first-order valence-electron chi connectivity index (χ1n) is 8.02. The van der Waals surface area contributed by atoms with Crippen LogP contribution in [0.1, 0.15) is 47.0 Å². The fraction of sp³-hybridized carbons (Fsp3) is 0.882. The molecule has 3 aliphatic carbocycles. The van der Waals surface area contributed by atoms with Crippen molar-refractivity contribution in [2.45, 2.75) is 59.0 Å². The van der Waals surface area contributed by atoms with Crippen molar-refractivity contribution in [2.75, 3.05) is 6.54 Å². The van der Waals surface area contributed by atoms with E-state index in [1.165, 1.54) is 25.8 Å². The molecule has 1 saturated heterocycles. The van der Waals surface area contributed by atoms with Crippen molar-refractivity contribution in [3.63, 3.8) is 0 Å². The summed E-state index contributed by atoms with van der Waals surface area (Å²) in [7, 11) is 0. The molecule has 0 amide bonds. The molecule has 0 aromatic heterocycles. The highest BCUT2D eigenvalue weighted by Gasteiger charge is 2.47. The lowest BCUT2D eigenvalue weighted by Crippen LogP contribution is -2.56. The highest BCUT2D eigenvalue weighted by Crippen LogP contribution is 2.50. The molecule has 0 aromatic carbocycles. The van der Waals surface area contributed by atoms with Gasteiger partial charge in [0.2, 0.25) is 0 Å². The molecule has 1 aliphatic heterocycles. The third-order valence-electron chi connectivity index (χ3n) is 5.88. The lowest BCUT2D eigenvalue weighted by Gasteiger charge is -2.55. The summed E-state index contributed by atoms with van der Waals surface area (Å²) in [6.45, 7) is 10.9. The van der Waals surface area contributed by atoms with E-state index in [2.05, 4.69) is 44.7 Å². The number of piperidine rings is 1. The fourth-order valence-corrected chi connectivity index (χ4v) is 4.87. The van der Waals surface area contributed by atoms with Crippen molar-refractivity contribution in [3.05, 3.63) is 12.2 Å². The second kappa shape index (κ2) is 4.67. The van der Waals surface area contributed by atoms with Crippen molar-refractivity contribution in [3.8, 4) is 0 Å². The first-order valence-corrected chi connectivity index (χ1v) is 8.02. The van der Waals surface area contributed by atoms with Gasteiger partial charge in [0.05, 0.1) is 0 Å². The normalized spacial score (nSPS) is 43.8. The topological polar surface area (TPSA) is 3.24 Å². The number of hydrogen-bond donors (Lipinski definition) is 0. The highest BCUT2D eigenvalue weighted by atomic mass is 15.2. The van der Waals surface area contributed by atoms with Gasteiger partial charge in [-0.1, -0.05) is 26.0 Å². The van der Waals surface area contributed by atoms with Crippen molar-refractivity contribution in [1.29, 1.82) is 0 Å². The van der Waals surface area contributed by atoms with Gasteiger partial charge in [-0.2, -0.15) is 0 Å². The third kappa shape index (κ3) is 1.95. The zero-order chi connectivity index (χ0) is 12.9. The fourth-order valence-electron chi connectivity index (χ4n) is 4.87. The standard InChI is InChI=1S/C17H29N/c1-11(2)17-9-15-13-5-7-14(8-6-13)16(15)10-18(17)12(3)4/h5,7,11-17H,6,8-10H2,1-4H3. The lowest BCUT2D eigenvalue weighted by molar-refractivity contribution is -0.0363. The quantitative estimate of drug-likeness (QED) is 0.668. The van der Waals surface area contributed by atoms with Gasteiger partial charge in [-0.15, -0.1) is 0 Å². The summed E-state index contributed by atoms with van der Waals surface area (Å²) in [6.07, 6.45) is 9.47. The van der Waals surface area contributed by atoms with Crippen LogP contribution in [-0.2, 0) is 0 Å². The second-order valence-electron chi connectivity index (χ2n) is 7.46. The molecule has 1 heterocycles. The van der Waals surface area contributed by atoms with Gasteiger partial charge in [0, 0.05) is 18.6 Å². The Hall–Kier alpha value is -0.300. The molecule has 1 heteroatoms. The van der Waals surface area contributed by atoms with Crippen LogP contribution >= 0.6 is 0 Å². The van der Waals surface area contributed by atoms with E-state index in [0.717, 1.165) is 35.6 Å². The highest BCUT2D eigenvalue weighted by molar-refractivity contribution is 5.12. The number of rotatable bonds is 2. The van der Waals surface area contributed by atoms with Crippen molar-refractivity contribution in [2.24, 2.45) is 29.6 Å². The first kappa shape index (κ1) is 12.7. The Kier molecular flexibility index (Phi) is 3.30. The van der Waals surface area contributed by atoms with E-state index >= 15 is 0 Å². The zero-order valence-electron chi connectivity index (χ0n) is 12.5. The minimum Gasteiger partial charge on any atom is -0.297 e. The first-order chi connectivity index (χ1) is 8.58. The Morgan fingerprint density at radius 2 is 1.56 bits per heavy atom. The van der Waals surface area contributed by atoms with E-state index in [0.29, 0.717) is 6.04 Å². The maximum Gasteiger partial charge on any atom is 0.0124 e. The molecule has 0 aromatic rings. The van der Waals surface area contributed by atoms with E-state index < -0.39 is 0 Å². The molecule has 102 valence electrons. The molecule has 0 radical (unpaired) electrons. The molecule has 1 nitrogen and oxygen atoms in total. The summed E-state index contributed by atoms with van der Waals surface area (Å²) in [5, 5.41) is 0. The minimum absolute atomic E-state index is 0.711. The van der Waals surface area contributed by atoms with Gasteiger partial charge in [-0.05, 0) is 62.7 Å². The van der Waals surface area contributed by atoms with Crippen molar-refractivity contribution < 1.29 is 0 Å². The van der Waals surface area contributed by atoms with Gasteiger partial charge in [0.15, 0.2) is 0 Å². The molecule has 5 unspecified atom stereocenters. The molecule has 2 bridgehead atoms. The second-order valence-corrected chi connectivity index (χ2v) is 7.46. The van der Waals surface area contributed by atoms with Gasteiger partial charge in [0.25, 0.3) is 0 Å². The molecule has 18 heavy (non-hydrogen) atoms. The molecule has 5 atom stereocenters. The Labute approximate surface area is 113 Å². The Morgan fingerprint density at radius 1 is 0.944 bits per heavy atom. The van der Waals surface area contributed by atoms with Crippen LogP contribution in [0.3, 0.4) is 0 Å². The van der Waals surface area contributed by atoms with Crippen LogP contribution in [-0.4, -0.2) is 23.5 Å². The zero-order valence-corrected chi connectivity index (χ0v) is 12.5. The Morgan fingerprint density at radius 3 is 2.06 bits per heavy atom. The minimum atomic E-state index is 0.711. The number of hydrogen-bond acceptors (Lipinski definition) is 1. The van der Waals surface area contributed by atoms with Crippen LogP contribution in [0.4, 0.5) is 0 Å². The van der Waals surface area contributed by atoms with Gasteiger partial charge in [-0.3, -0.25) is 4.90 Å². The molecule has 0 spiro atoms. The summed E-state index contributed by atoms with van der Waals surface area (Å²) in [4.78, 5) is 2.81. The van der Waals surface area contributed by atoms with E-state index in [4.69, 9.17) is 0 Å². The van der Waals surface area contributed by atoms with Crippen LogP contribution < -0.4 is 0 Å². The summed E-state index contributed by atoms with van der Waals surface area (Å²) < 4.78 is 0. The number of allylic oxidation sites excluding steroid dienone is 2. The maximum absolute atomic E-state index is 2.81. The summed E-state index contributed by atoms with van der Waals surface area (Å²) >= 11 is 0. The number of nitrogens with zero attached hydrogens (tertiary/aromatic N) is 1. The van der Waals surface area contributed by atoms with Crippen LogP contribution in [0, 0.1) is 29.6 Å². The van der Waals surface area contributed by atoms with E-state index in [9.17, 15) is 0 Å². The molecular weight excluding hydrogens is 218 g/mol. The smallest absolute Gasteiger partial charge is 0.0124 e. The molecule has 4 rings (SSSR count). The molecule has 4 aliphatic rings.